The molecule has 0 aromatic heterocycles. The zero-order valence-electron chi connectivity index (χ0n) is 13.2. The van der Waals surface area contributed by atoms with E-state index in [9.17, 15) is 0 Å². The van der Waals surface area contributed by atoms with Gasteiger partial charge < -0.3 is 0 Å². The molecule has 0 saturated carbocycles. The Morgan fingerprint density at radius 2 is 1.65 bits per heavy atom. The van der Waals surface area contributed by atoms with E-state index < -0.39 is 8.07 Å². The lowest BCUT2D eigenvalue weighted by molar-refractivity contribution is 0.437. The molecule has 0 spiro atoms. The molecule has 1 heteroatoms. The third kappa shape index (κ3) is 1.94. The van der Waals surface area contributed by atoms with Crippen LogP contribution >= 0.6 is 0 Å². The van der Waals surface area contributed by atoms with E-state index in [0.29, 0.717) is 0 Å². The molecule has 0 saturated heterocycles. The molecule has 1 aromatic rings. The van der Waals surface area contributed by atoms with Crippen molar-refractivity contribution in [1.82, 2.24) is 0 Å². The summed E-state index contributed by atoms with van der Waals surface area (Å²) in [6.07, 6.45) is 7.66. The van der Waals surface area contributed by atoms with Crippen LogP contribution in [0.25, 0.3) is 0 Å². The molecule has 1 aromatic carbocycles. The van der Waals surface area contributed by atoms with E-state index in [-0.39, 0.29) is 0 Å². The summed E-state index contributed by atoms with van der Waals surface area (Å²) in [5.41, 5.74) is 4.30. The maximum atomic E-state index is 2.52. The fourth-order valence-corrected chi connectivity index (χ4v) is 10.1. The average molecular weight is 285 g/mol. The van der Waals surface area contributed by atoms with Gasteiger partial charge in [-0.05, 0) is 35.4 Å². The predicted octanol–water partition coefficient (Wildman–Crippen LogP) is 5.88. The van der Waals surface area contributed by atoms with E-state index >= 15 is 0 Å². The first kappa shape index (κ1) is 14.1. The minimum absolute atomic E-state index is 0.724. The number of fused-ring (bicyclic) bond motifs is 3. The minimum atomic E-state index is -1.18. The van der Waals surface area contributed by atoms with Gasteiger partial charge in [0.05, 0.1) is 8.07 Å². The third-order valence-electron chi connectivity index (χ3n) is 6.36. The molecule has 20 heavy (non-hydrogen) atoms. The van der Waals surface area contributed by atoms with E-state index in [2.05, 4.69) is 57.2 Å². The Hall–Kier alpha value is -0.823. The summed E-state index contributed by atoms with van der Waals surface area (Å²) in [5.74, 6) is 1.63. The Kier molecular flexibility index (Phi) is 3.90. The van der Waals surface area contributed by atoms with E-state index in [1.54, 1.807) is 11.1 Å². The second-order valence-electron chi connectivity index (χ2n) is 6.72. The van der Waals surface area contributed by atoms with Gasteiger partial charge in [-0.25, -0.2) is 0 Å². The molecule has 2 aliphatic carbocycles. The normalized spacial score (nSPS) is 28.2. The van der Waals surface area contributed by atoms with E-state index in [1.807, 2.05) is 0 Å². The number of hydrogen-bond acceptors (Lipinski definition) is 0. The quantitative estimate of drug-likeness (QED) is 0.478. The van der Waals surface area contributed by atoms with Gasteiger partial charge in [0, 0.05) is 5.92 Å². The zero-order valence-corrected chi connectivity index (χ0v) is 14.2. The highest BCUT2D eigenvalue weighted by Gasteiger charge is 2.49. The molecular weight excluding hydrogens is 256 g/mol. The van der Waals surface area contributed by atoms with Gasteiger partial charge in [0.25, 0.3) is 0 Å². The van der Waals surface area contributed by atoms with Crippen LogP contribution in [0.1, 0.15) is 56.2 Å². The fourth-order valence-electron chi connectivity index (χ4n) is 5.08. The zero-order chi connectivity index (χ0) is 14.2. The van der Waals surface area contributed by atoms with E-state index in [0.717, 1.165) is 17.4 Å². The Morgan fingerprint density at radius 3 is 2.30 bits per heavy atom. The molecule has 0 bridgehead atoms. The maximum Gasteiger partial charge on any atom is 0.0608 e. The van der Waals surface area contributed by atoms with Crippen molar-refractivity contribution in [1.29, 1.82) is 0 Å². The molecule has 0 N–H and O–H groups in total. The lowest BCUT2D eigenvalue weighted by Crippen LogP contribution is -2.42. The van der Waals surface area contributed by atoms with Crippen molar-refractivity contribution in [2.24, 2.45) is 5.92 Å². The van der Waals surface area contributed by atoms with Crippen LogP contribution in [0.4, 0.5) is 0 Å². The molecule has 108 valence electrons. The van der Waals surface area contributed by atoms with Crippen LogP contribution in [0.15, 0.2) is 36.4 Å². The third-order valence-corrected chi connectivity index (χ3v) is 12.6. The van der Waals surface area contributed by atoms with Crippen LogP contribution in [0.3, 0.4) is 0 Å². The molecule has 0 aliphatic heterocycles. The highest BCUT2D eigenvalue weighted by Crippen LogP contribution is 2.56. The largest absolute Gasteiger partial charge is 0.0879 e. The number of rotatable bonds is 4. The molecule has 0 radical (unpaired) electrons. The topological polar surface area (TPSA) is 0 Å². The molecule has 2 aliphatic rings. The molecule has 0 fully saturated rings. The Balaban J connectivity index is 2.12. The highest BCUT2D eigenvalue weighted by molar-refractivity contribution is 6.81. The summed E-state index contributed by atoms with van der Waals surface area (Å²) in [6.45, 7) is 7.40. The molecule has 3 unspecified atom stereocenters. The summed E-state index contributed by atoms with van der Waals surface area (Å²) in [7, 11) is -1.18. The van der Waals surface area contributed by atoms with Crippen LogP contribution in [0, 0.1) is 5.92 Å². The van der Waals surface area contributed by atoms with Crippen molar-refractivity contribution in [2.75, 3.05) is 0 Å². The van der Waals surface area contributed by atoms with E-state index in [4.69, 9.17) is 0 Å². The van der Waals surface area contributed by atoms with Crippen molar-refractivity contribution in [3.8, 4) is 0 Å². The first-order chi connectivity index (χ1) is 9.77. The summed E-state index contributed by atoms with van der Waals surface area (Å²) >= 11 is 0. The van der Waals surface area contributed by atoms with Crippen LogP contribution in [-0.4, -0.2) is 8.07 Å². The van der Waals surface area contributed by atoms with Gasteiger partial charge in [0.15, 0.2) is 0 Å². The number of hydrogen-bond donors (Lipinski definition) is 0. The summed E-state index contributed by atoms with van der Waals surface area (Å²) in [6, 6.07) is 13.7. The van der Waals surface area contributed by atoms with Gasteiger partial charge in [0.2, 0.25) is 0 Å². The van der Waals surface area contributed by atoms with Crippen LogP contribution in [0.2, 0.25) is 18.1 Å². The van der Waals surface area contributed by atoms with Crippen LogP contribution in [0.5, 0.6) is 0 Å². The van der Waals surface area contributed by atoms with Crippen LogP contribution in [-0.2, 0) is 0 Å². The Labute approximate surface area is 125 Å². The maximum absolute atomic E-state index is 2.52. The summed E-state index contributed by atoms with van der Waals surface area (Å²) < 4.78 is 0. The number of allylic oxidation sites excluding steroid dienone is 2. The number of benzene rings is 1. The van der Waals surface area contributed by atoms with Gasteiger partial charge in [-0.15, -0.1) is 0 Å². The summed E-state index contributed by atoms with van der Waals surface area (Å²) in [4.78, 5) is 0. The fraction of sp³-hybridized carbons (Fsp3) is 0.579. The van der Waals surface area contributed by atoms with Crippen LogP contribution < -0.4 is 0 Å². The van der Waals surface area contributed by atoms with Crippen molar-refractivity contribution >= 4 is 8.07 Å². The van der Waals surface area contributed by atoms with Crippen molar-refractivity contribution in [3.63, 3.8) is 0 Å². The predicted molar refractivity (Wildman–Crippen MR) is 91.0 cm³/mol. The molecular formula is C19H28Si. The second-order valence-corrected chi connectivity index (χ2v) is 12.2. The smallest absolute Gasteiger partial charge is 0.0608 e. The molecule has 0 nitrogen and oxygen atoms in total. The van der Waals surface area contributed by atoms with Gasteiger partial charge >= 0.3 is 0 Å². The molecule has 3 atom stereocenters. The minimum Gasteiger partial charge on any atom is -0.0879 e. The standard InChI is InChI=1S/C19H28Si/c1-4-20(5-2,6-3)19-17-13-9-7-11-15(17)16-12-8-10-14-18(16)19/h7-9,11-13,16,18-19H,4-6,10,14H2,1-3H3. The van der Waals surface area contributed by atoms with Crippen molar-refractivity contribution < 1.29 is 0 Å². The lowest BCUT2D eigenvalue weighted by Gasteiger charge is -2.40. The van der Waals surface area contributed by atoms with Crippen molar-refractivity contribution in [3.05, 3.63) is 47.5 Å². The first-order valence-corrected chi connectivity index (χ1v) is 11.2. The highest BCUT2D eigenvalue weighted by atomic mass is 28.3. The second kappa shape index (κ2) is 5.52. The first-order valence-electron chi connectivity index (χ1n) is 8.53. The van der Waals surface area contributed by atoms with Gasteiger partial charge in [-0.3, -0.25) is 0 Å². The lowest BCUT2D eigenvalue weighted by atomic mass is 9.84. The Morgan fingerprint density at radius 1 is 1.00 bits per heavy atom. The summed E-state index contributed by atoms with van der Waals surface area (Å²) in [5, 5.41) is 0. The monoisotopic (exact) mass is 284 g/mol. The van der Waals surface area contributed by atoms with Gasteiger partial charge in [-0.1, -0.05) is 75.3 Å². The van der Waals surface area contributed by atoms with Gasteiger partial charge in [-0.2, -0.15) is 0 Å². The van der Waals surface area contributed by atoms with Crippen molar-refractivity contribution in [2.45, 2.75) is 63.2 Å². The molecule has 0 amide bonds. The van der Waals surface area contributed by atoms with Gasteiger partial charge in [0.1, 0.15) is 0 Å². The average Bonchev–Trinajstić information content (AvgIpc) is 2.86. The molecule has 3 rings (SSSR count). The molecule has 0 heterocycles. The van der Waals surface area contributed by atoms with E-state index in [1.165, 1.54) is 31.0 Å². The Bertz CT molecular complexity index is 490. The SMILES string of the molecule is CC[Si](CC)(CC)C1c2ccccc2C2C=CCCC21.